The number of hydrogen-bond acceptors (Lipinski definition) is 7. The smallest absolute Gasteiger partial charge is 0.435 e. The molecule has 2 aromatic carbocycles. The van der Waals surface area contributed by atoms with Crippen molar-refractivity contribution < 1.29 is 38.3 Å². The molecule has 0 amide bonds. The first-order valence-electron chi connectivity index (χ1n) is 11.8. The minimum atomic E-state index is -10.1. The lowest BCUT2D eigenvalue weighted by molar-refractivity contribution is -0.137. The number of imidazole rings is 1. The number of halogens is 5. The molecular weight excluding hydrogens is 547 g/mol. The lowest BCUT2D eigenvalue weighted by atomic mass is 9.94. The molecule has 2 aliphatic rings. The number of nitrogens with zero attached hydrogens (tertiary/aromatic N) is 4. The third kappa shape index (κ3) is 5.52. The summed E-state index contributed by atoms with van der Waals surface area (Å²) in [7, 11) is -8.55. The van der Waals surface area contributed by atoms with Crippen LogP contribution in [0.2, 0.25) is 0 Å². The molecule has 1 unspecified atom stereocenters. The first kappa shape index (κ1) is 26.8. The Morgan fingerprint density at radius 1 is 1.13 bits per heavy atom. The van der Waals surface area contributed by atoms with Gasteiger partial charge in [0.15, 0.2) is 5.84 Å². The van der Waals surface area contributed by atoms with Crippen LogP contribution < -0.4 is 8.92 Å². The third-order valence-corrected chi connectivity index (χ3v) is 6.91. The monoisotopic (exact) mass is 572 g/mol. The van der Waals surface area contributed by atoms with Crippen LogP contribution in [0.4, 0.5) is 19.4 Å². The van der Waals surface area contributed by atoms with Gasteiger partial charge in [-0.1, -0.05) is 30.7 Å². The quantitative estimate of drug-likeness (QED) is 0.328. The van der Waals surface area contributed by atoms with Crippen molar-refractivity contribution in [2.45, 2.75) is 25.5 Å². The largest absolute Gasteiger partial charge is 0.495 e. The maximum atomic E-state index is 12.7. The summed E-state index contributed by atoms with van der Waals surface area (Å²) in [4.78, 5) is 11.6. The van der Waals surface area contributed by atoms with E-state index in [2.05, 4.69) is 14.3 Å². The number of fused-ring (bicyclic) bond motifs is 1. The highest BCUT2D eigenvalue weighted by Gasteiger charge is 2.67. The summed E-state index contributed by atoms with van der Waals surface area (Å²) < 4.78 is 74.1. The summed E-state index contributed by atoms with van der Waals surface area (Å²) in [5, 5.41) is 14.5. The van der Waals surface area contributed by atoms with Gasteiger partial charge in [0.2, 0.25) is 0 Å². The van der Waals surface area contributed by atoms with E-state index in [4.69, 9.17) is 9.57 Å². The lowest BCUT2D eigenvalue weighted by Gasteiger charge is -2.40. The van der Waals surface area contributed by atoms with Gasteiger partial charge in [0.05, 0.1) is 24.8 Å². The molecule has 1 N–H and O–H groups in total. The number of methoxy groups -OCH3 is 1. The van der Waals surface area contributed by atoms with Crippen LogP contribution in [0.15, 0.2) is 65.7 Å². The molecule has 210 valence electrons. The van der Waals surface area contributed by atoms with E-state index in [9.17, 15) is 24.5 Å². The SMILES string of the molecule is COc1cc(C=C2CCCN3C2=NOC3(CO)c2ccc(OS(F)(F)(F)(F)F)cc2)ccc1-n1cnc(C)c1. The molecule has 1 aromatic heterocycles. The average molecular weight is 573 g/mol. The van der Waals surface area contributed by atoms with Crippen LogP contribution in [0, 0.1) is 6.92 Å². The number of hydrogen-bond donors (Lipinski definition) is 1. The first-order valence-corrected chi connectivity index (χ1v) is 13.7. The minimum absolute atomic E-state index is 0.223. The van der Waals surface area contributed by atoms with Crippen molar-refractivity contribution in [3.63, 3.8) is 0 Å². The van der Waals surface area contributed by atoms with Crippen LogP contribution in [0.1, 0.15) is 29.7 Å². The van der Waals surface area contributed by atoms with Crippen molar-refractivity contribution in [3.8, 4) is 17.2 Å². The van der Waals surface area contributed by atoms with Gasteiger partial charge in [0.1, 0.15) is 18.1 Å². The molecule has 14 heteroatoms. The highest BCUT2D eigenvalue weighted by molar-refractivity contribution is 8.42. The number of rotatable bonds is 7. The summed E-state index contributed by atoms with van der Waals surface area (Å²) in [6, 6.07) is 9.44. The van der Waals surface area contributed by atoms with Crippen LogP contribution in [-0.2, 0) is 10.6 Å². The molecule has 0 aliphatic carbocycles. The normalized spacial score (nSPS) is 22.0. The van der Waals surface area contributed by atoms with E-state index in [0.717, 1.165) is 46.8 Å². The molecule has 3 aromatic rings. The van der Waals surface area contributed by atoms with Gasteiger partial charge in [0.25, 0.3) is 5.72 Å². The number of amidine groups is 1. The molecule has 1 fully saturated rings. The second-order valence-corrected chi connectivity index (χ2v) is 11.2. The Morgan fingerprint density at radius 2 is 1.87 bits per heavy atom. The highest BCUT2D eigenvalue weighted by atomic mass is 32.5. The fourth-order valence-corrected chi connectivity index (χ4v) is 5.18. The molecule has 5 rings (SSSR count). The Hall–Kier alpha value is -3.78. The molecule has 1 atom stereocenters. The zero-order valence-corrected chi connectivity index (χ0v) is 21.7. The summed E-state index contributed by atoms with van der Waals surface area (Å²) >= 11 is 0. The number of oxime groups is 1. The van der Waals surface area contributed by atoms with Crippen molar-refractivity contribution >= 4 is 22.4 Å². The van der Waals surface area contributed by atoms with Gasteiger partial charge in [-0.25, -0.2) is 4.98 Å². The van der Waals surface area contributed by atoms with Crippen molar-refractivity contribution in [1.29, 1.82) is 0 Å². The van der Waals surface area contributed by atoms with Gasteiger partial charge >= 0.3 is 10.5 Å². The Morgan fingerprint density at radius 3 is 2.49 bits per heavy atom. The molecule has 2 aliphatic heterocycles. The predicted molar refractivity (Wildman–Crippen MR) is 136 cm³/mol. The van der Waals surface area contributed by atoms with Crippen LogP contribution in [0.3, 0.4) is 0 Å². The Balaban J connectivity index is 1.42. The summed E-state index contributed by atoms with van der Waals surface area (Å²) in [6.07, 6.45) is 6.81. The molecule has 8 nitrogen and oxygen atoms in total. The molecule has 0 spiro atoms. The zero-order valence-electron chi connectivity index (χ0n) is 20.9. The molecule has 1 saturated heterocycles. The van der Waals surface area contributed by atoms with Crippen LogP contribution in [0.25, 0.3) is 11.8 Å². The molecule has 39 heavy (non-hydrogen) atoms. The molecule has 3 heterocycles. The molecule has 0 radical (unpaired) electrons. The number of ether oxygens (including phenoxy) is 1. The maximum Gasteiger partial charge on any atom is 0.435 e. The van der Waals surface area contributed by atoms with Gasteiger partial charge in [-0.15, -0.1) is 0 Å². The zero-order chi connectivity index (χ0) is 28.1. The van der Waals surface area contributed by atoms with E-state index >= 15 is 0 Å². The number of piperidine rings is 1. The average Bonchev–Trinajstić information content (AvgIpc) is 3.47. The lowest BCUT2D eigenvalue weighted by Crippen LogP contribution is -2.51. The van der Waals surface area contributed by atoms with Crippen molar-refractivity contribution in [2.24, 2.45) is 5.16 Å². The van der Waals surface area contributed by atoms with Gasteiger partial charge in [-0.05, 0) is 73.4 Å². The van der Waals surface area contributed by atoms with Crippen LogP contribution in [0.5, 0.6) is 11.5 Å². The first-order chi connectivity index (χ1) is 18.2. The van der Waals surface area contributed by atoms with Crippen LogP contribution >= 0.6 is 10.5 Å². The topological polar surface area (TPSA) is 81.3 Å². The summed E-state index contributed by atoms with van der Waals surface area (Å²) in [6.45, 7) is 1.72. The third-order valence-electron chi connectivity index (χ3n) is 6.40. The van der Waals surface area contributed by atoms with Crippen LogP contribution in [-0.4, -0.2) is 45.7 Å². The van der Waals surface area contributed by atoms with Crippen molar-refractivity contribution in [3.05, 3.63) is 77.4 Å². The predicted octanol–water partition coefficient (Wildman–Crippen LogP) is 6.45. The van der Waals surface area contributed by atoms with Gasteiger partial charge < -0.3 is 28.3 Å². The Bertz CT molecular complexity index is 1480. The molecular formula is C25H25F5N4O4S. The number of aromatic nitrogens is 2. The van der Waals surface area contributed by atoms with E-state index in [1.807, 2.05) is 42.0 Å². The number of aliphatic hydroxyl groups is 1. The molecule has 0 bridgehead atoms. The second-order valence-electron chi connectivity index (χ2n) is 9.23. The van der Waals surface area contributed by atoms with E-state index in [1.165, 1.54) is 0 Å². The Kier molecular flexibility index (Phi) is 5.92. The number of aryl methyl sites for hydroxylation is 1. The fourth-order valence-electron chi connectivity index (χ4n) is 4.70. The van der Waals surface area contributed by atoms with Gasteiger partial charge in [-0.2, -0.15) is 0 Å². The van der Waals surface area contributed by atoms with E-state index in [0.29, 0.717) is 31.0 Å². The number of benzene rings is 2. The summed E-state index contributed by atoms with van der Waals surface area (Å²) in [5.74, 6) is 0.00107. The van der Waals surface area contributed by atoms with Crippen molar-refractivity contribution in [2.75, 3.05) is 20.3 Å². The minimum Gasteiger partial charge on any atom is -0.495 e. The van der Waals surface area contributed by atoms with Gasteiger partial charge in [-0.3, -0.25) is 0 Å². The number of aliphatic hydroxyl groups excluding tert-OH is 1. The summed E-state index contributed by atoms with van der Waals surface area (Å²) in [5.41, 5.74) is 1.99. The maximum absolute atomic E-state index is 12.7. The van der Waals surface area contributed by atoms with E-state index in [1.54, 1.807) is 18.3 Å². The van der Waals surface area contributed by atoms with Gasteiger partial charge in [0, 0.05) is 18.3 Å². The van der Waals surface area contributed by atoms with E-state index in [-0.39, 0.29) is 5.56 Å². The molecule has 0 saturated carbocycles. The Labute approximate surface area is 220 Å². The highest BCUT2D eigenvalue weighted by Crippen LogP contribution is 2.97. The standard InChI is InChI=1S/C25H25F5N4O4S/c1-17-14-33(16-31-17)22-10-5-18(13-23(22)36-2)12-19-4-3-11-34-24(19)32-38-25(34,15-35)20-6-8-21(9-7-20)37-39(26,27,28,29)30/h5-10,12-14,16,35H,3-4,11,15H2,1-2H3. The van der Waals surface area contributed by atoms with Crippen molar-refractivity contribution in [1.82, 2.24) is 14.5 Å². The second kappa shape index (κ2) is 8.61. The fraction of sp³-hybridized carbons (Fsp3) is 0.280. The van der Waals surface area contributed by atoms with E-state index < -0.39 is 28.6 Å².